The first-order valence-electron chi connectivity index (χ1n) is 5.66. The maximum atomic E-state index is 5.43. The van der Waals surface area contributed by atoms with E-state index in [2.05, 4.69) is 44.9 Å². The molecular formula is C12H22N2O. The number of rotatable bonds is 4. The molecule has 3 nitrogen and oxygen atoms in total. The molecule has 86 valence electrons. The molecule has 1 rings (SSSR count). The molecule has 0 saturated carbocycles. The highest BCUT2D eigenvalue weighted by Gasteiger charge is 2.20. The second kappa shape index (κ2) is 4.69. The van der Waals surface area contributed by atoms with Crippen molar-refractivity contribution in [2.45, 2.75) is 58.9 Å². The highest BCUT2D eigenvalue weighted by atomic mass is 16.3. The van der Waals surface area contributed by atoms with Crippen LogP contribution in [0, 0.1) is 0 Å². The van der Waals surface area contributed by atoms with Crippen LogP contribution in [0.3, 0.4) is 0 Å². The first kappa shape index (κ1) is 12.1. The molecule has 0 spiro atoms. The Morgan fingerprint density at radius 3 is 2.60 bits per heavy atom. The number of oxazole rings is 1. The van der Waals surface area contributed by atoms with Crippen LogP contribution in [0.25, 0.3) is 0 Å². The highest BCUT2D eigenvalue weighted by molar-refractivity contribution is 5.32. The Balaban J connectivity index is 2.61. The van der Waals surface area contributed by atoms with Crippen LogP contribution in [0.5, 0.6) is 0 Å². The fourth-order valence-electron chi connectivity index (χ4n) is 1.44. The summed E-state index contributed by atoms with van der Waals surface area (Å²) < 4.78 is 5.43. The first-order valence-corrected chi connectivity index (χ1v) is 5.66. The molecule has 1 heterocycles. The van der Waals surface area contributed by atoms with E-state index in [9.17, 15) is 0 Å². The minimum atomic E-state index is -0.0199. The van der Waals surface area contributed by atoms with E-state index in [1.807, 2.05) is 0 Å². The van der Waals surface area contributed by atoms with Crippen LogP contribution in [0.15, 0.2) is 10.7 Å². The van der Waals surface area contributed by atoms with Gasteiger partial charge in [0.05, 0.1) is 0 Å². The van der Waals surface area contributed by atoms with Gasteiger partial charge in [-0.05, 0) is 13.3 Å². The molecule has 1 aromatic rings. The number of aromatic nitrogens is 1. The van der Waals surface area contributed by atoms with Crippen molar-refractivity contribution in [2.75, 3.05) is 5.32 Å². The summed E-state index contributed by atoms with van der Waals surface area (Å²) >= 11 is 0. The van der Waals surface area contributed by atoms with Crippen LogP contribution in [0.2, 0.25) is 0 Å². The van der Waals surface area contributed by atoms with Gasteiger partial charge in [-0.3, -0.25) is 0 Å². The van der Waals surface area contributed by atoms with Gasteiger partial charge in [-0.25, -0.2) is 0 Å². The molecule has 0 aliphatic rings. The third-order valence-electron chi connectivity index (χ3n) is 2.26. The van der Waals surface area contributed by atoms with Gasteiger partial charge in [0.2, 0.25) is 5.89 Å². The molecule has 15 heavy (non-hydrogen) atoms. The predicted molar refractivity (Wildman–Crippen MR) is 63.2 cm³/mol. The van der Waals surface area contributed by atoms with E-state index >= 15 is 0 Å². The van der Waals surface area contributed by atoms with Gasteiger partial charge in [0.25, 0.3) is 0 Å². The summed E-state index contributed by atoms with van der Waals surface area (Å²) in [6.45, 7) is 10.6. The summed E-state index contributed by atoms with van der Waals surface area (Å²) in [5.74, 6) is 1.63. The Hall–Kier alpha value is -0.990. The molecular weight excluding hydrogens is 188 g/mol. The summed E-state index contributed by atoms with van der Waals surface area (Å²) in [6, 6.07) is 0.452. The van der Waals surface area contributed by atoms with Gasteiger partial charge in [-0.2, -0.15) is 4.98 Å². The topological polar surface area (TPSA) is 38.1 Å². The number of hydrogen-bond donors (Lipinski definition) is 1. The van der Waals surface area contributed by atoms with E-state index in [0.29, 0.717) is 6.04 Å². The van der Waals surface area contributed by atoms with Crippen LogP contribution in [-0.4, -0.2) is 11.0 Å². The Morgan fingerprint density at radius 2 is 2.13 bits per heavy atom. The van der Waals surface area contributed by atoms with E-state index in [4.69, 9.17) is 4.42 Å². The summed E-state index contributed by atoms with van der Waals surface area (Å²) in [7, 11) is 0. The van der Waals surface area contributed by atoms with E-state index in [-0.39, 0.29) is 5.41 Å². The lowest BCUT2D eigenvalue weighted by atomic mass is 9.97. The summed E-state index contributed by atoms with van der Waals surface area (Å²) in [6.07, 6.45) is 4.03. The zero-order chi connectivity index (χ0) is 11.5. The second-order valence-corrected chi connectivity index (χ2v) is 5.12. The van der Waals surface area contributed by atoms with Crippen molar-refractivity contribution in [3.8, 4) is 0 Å². The average molecular weight is 210 g/mol. The van der Waals surface area contributed by atoms with Crippen LogP contribution < -0.4 is 5.32 Å². The molecule has 1 N–H and O–H groups in total. The van der Waals surface area contributed by atoms with Gasteiger partial charge >= 0.3 is 0 Å². The Bertz CT molecular complexity index is 299. The Kier molecular flexibility index (Phi) is 3.77. The maximum absolute atomic E-state index is 5.43. The zero-order valence-electron chi connectivity index (χ0n) is 10.4. The van der Waals surface area contributed by atoms with Gasteiger partial charge < -0.3 is 9.73 Å². The van der Waals surface area contributed by atoms with Crippen LogP contribution in [0.4, 0.5) is 5.82 Å². The van der Waals surface area contributed by atoms with Gasteiger partial charge in [-0.15, -0.1) is 0 Å². The maximum Gasteiger partial charge on any atom is 0.201 e. The van der Waals surface area contributed by atoms with Gasteiger partial charge in [-0.1, -0.05) is 34.1 Å². The molecule has 0 amide bonds. The quantitative estimate of drug-likeness (QED) is 0.825. The number of hydrogen-bond acceptors (Lipinski definition) is 3. The molecule has 0 fully saturated rings. The van der Waals surface area contributed by atoms with Crippen molar-refractivity contribution in [1.29, 1.82) is 0 Å². The molecule has 0 bridgehead atoms. The SMILES string of the molecule is CCCC(C)Nc1coc(C(C)(C)C)n1. The zero-order valence-corrected chi connectivity index (χ0v) is 10.4. The van der Waals surface area contributed by atoms with Crippen molar-refractivity contribution >= 4 is 5.82 Å². The Labute approximate surface area is 92.3 Å². The normalized spacial score (nSPS) is 13.9. The third-order valence-corrected chi connectivity index (χ3v) is 2.26. The molecule has 1 atom stereocenters. The van der Waals surface area contributed by atoms with Crippen LogP contribution in [0.1, 0.15) is 53.4 Å². The predicted octanol–water partition coefficient (Wildman–Crippen LogP) is 3.57. The molecule has 0 radical (unpaired) electrons. The van der Waals surface area contributed by atoms with E-state index in [1.54, 1.807) is 6.26 Å². The van der Waals surface area contributed by atoms with Gasteiger partial charge in [0, 0.05) is 11.5 Å². The Morgan fingerprint density at radius 1 is 1.47 bits per heavy atom. The van der Waals surface area contributed by atoms with Crippen molar-refractivity contribution < 1.29 is 4.42 Å². The molecule has 0 aromatic carbocycles. The fourth-order valence-corrected chi connectivity index (χ4v) is 1.44. The van der Waals surface area contributed by atoms with Gasteiger partial charge in [0.15, 0.2) is 5.82 Å². The van der Waals surface area contributed by atoms with Gasteiger partial charge in [0.1, 0.15) is 6.26 Å². The molecule has 1 unspecified atom stereocenters. The minimum Gasteiger partial charge on any atom is -0.446 e. The smallest absolute Gasteiger partial charge is 0.201 e. The fraction of sp³-hybridized carbons (Fsp3) is 0.750. The number of nitrogens with zero attached hydrogens (tertiary/aromatic N) is 1. The minimum absolute atomic E-state index is 0.0199. The van der Waals surface area contributed by atoms with Crippen molar-refractivity contribution in [3.63, 3.8) is 0 Å². The highest BCUT2D eigenvalue weighted by Crippen LogP contribution is 2.23. The second-order valence-electron chi connectivity index (χ2n) is 5.12. The summed E-state index contributed by atoms with van der Waals surface area (Å²) in [5.41, 5.74) is -0.0199. The number of nitrogens with one attached hydrogen (secondary N) is 1. The number of anilines is 1. The first-order chi connectivity index (χ1) is 6.93. The van der Waals surface area contributed by atoms with E-state index in [1.165, 1.54) is 6.42 Å². The van der Waals surface area contributed by atoms with Crippen molar-refractivity contribution in [2.24, 2.45) is 0 Å². The van der Waals surface area contributed by atoms with E-state index in [0.717, 1.165) is 18.1 Å². The molecule has 0 saturated heterocycles. The monoisotopic (exact) mass is 210 g/mol. The van der Waals surface area contributed by atoms with Crippen molar-refractivity contribution in [3.05, 3.63) is 12.2 Å². The van der Waals surface area contributed by atoms with E-state index < -0.39 is 0 Å². The van der Waals surface area contributed by atoms with Crippen LogP contribution in [-0.2, 0) is 5.41 Å². The molecule has 0 aliphatic heterocycles. The van der Waals surface area contributed by atoms with Crippen molar-refractivity contribution in [1.82, 2.24) is 4.98 Å². The summed E-state index contributed by atoms with van der Waals surface area (Å²) in [4.78, 5) is 4.43. The lowest BCUT2D eigenvalue weighted by molar-refractivity contribution is 0.392. The third kappa shape index (κ3) is 3.57. The standard InChI is InChI=1S/C12H22N2O/c1-6-7-9(2)13-10-8-15-11(14-10)12(3,4)5/h8-9,13H,6-7H2,1-5H3. The lowest BCUT2D eigenvalue weighted by Gasteiger charge is -2.13. The van der Waals surface area contributed by atoms with Crippen LogP contribution >= 0.6 is 0 Å². The summed E-state index contributed by atoms with van der Waals surface area (Å²) in [5, 5.41) is 3.33. The molecule has 0 aliphatic carbocycles. The molecule has 3 heteroatoms. The average Bonchev–Trinajstić information content (AvgIpc) is 2.52. The largest absolute Gasteiger partial charge is 0.446 e. The molecule has 1 aromatic heterocycles. The lowest BCUT2D eigenvalue weighted by Crippen LogP contribution is -2.16.